The van der Waals surface area contributed by atoms with Crippen LogP contribution in [0, 0.1) is 0 Å². The molecule has 1 aliphatic carbocycles. The third kappa shape index (κ3) is 5.29. The highest BCUT2D eigenvalue weighted by Crippen LogP contribution is 2.34. The second-order valence-electron chi connectivity index (χ2n) is 7.61. The number of hydrogen-bond acceptors (Lipinski definition) is 4. The van der Waals surface area contributed by atoms with Gasteiger partial charge >= 0.3 is 0 Å². The second kappa shape index (κ2) is 9.97. The zero-order valence-corrected chi connectivity index (χ0v) is 17.9. The molecule has 0 radical (unpaired) electrons. The maximum atomic E-state index is 12.7. The topological polar surface area (TPSA) is 44.8 Å². The molecule has 0 spiro atoms. The Morgan fingerprint density at radius 3 is 2.44 bits per heavy atom. The smallest absolute Gasteiger partial charge is 0.251 e. The molecular formula is C20H31Cl2N3O2. The highest BCUT2D eigenvalue weighted by atomic mass is 35.5. The summed E-state index contributed by atoms with van der Waals surface area (Å²) in [6, 6.07) is 5.19. The Bertz CT molecular complexity index is 628. The van der Waals surface area contributed by atoms with Crippen LogP contribution in [0.2, 0.25) is 5.02 Å². The molecule has 0 aromatic heterocycles. The normalized spacial score (nSPS) is 20.6. The molecule has 1 heterocycles. The van der Waals surface area contributed by atoms with Crippen LogP contribution >= 0.6 is 24.0 Å². The molecule has 2 aliphatic rings. The summed E-state index contributed by atoms with van der Waals surface area (Å²) in [5.41, 5.74) is 0.686. The van der Waals surface area contributed by atoms with Gasteiger partial charge < -0.3 is 15.0 Å². The number of benzene rings is 1. The molecule has 0 bridgehead atoms. The lowest BCUT2D eigenvalue weighted by molar-refractivity contribution is 0.0138. The number of ether oxygens (including phenoxy) is 1. The average Bonchev–Trinajstić information content (AvgIpc) is 2.67. The fraction of sp³-hybridized carbons (Fsp3) is 0.650. The van der Waals surface area contributed by atoms with Gasteiger partial charge in [-0.25, -0.2) is 0 Å². The van der Waals surface area contributed by atoms with Crippen molar-refractivity contribution in [3.8, 4) is 5.75 Å². The van der Waals surface area contributed by atoms with Gasteiger partial charge in [-0.15, -0.1) is 12.4 Å². The molecule has 1 N–H and O–H groups in total. The van der Waals surface area contributed by atoms with Crippen molar-refractivity contribution in [1.82, 2.24) is 15.1 Å². The monoisotopic (exact) mass is 415 g/mol. The number of nitrogens with one attached hydrogen (secondary N) is 1. The average molecular weight is 416 g/mol. The van der Waals surface area contributed by atoms with Gasteiger partial charge in [-0.1, -0.05) is 30.9 Å². The first kappa shape index (κ1) is 22.3. The Labute approximate surface area is 173 Å². The minimum atomic E-state index is -0.0615. The number of likely N-dealkylation sites (N-methyl/N-ethyl adjacent to an activating group) is 1. The van der Waals surface area contributed by atoms with E-state index in [-0.39, 0.29) is 23.9 Å². The lowest BCUT2D eigenvalue weighted by Gasteiger charge is -2.49. The van der Waals surface area contributed by atoms with Crippen LogP contribution < -0.4 is 10.1 Å². The molecule has 1 aromatic carbocycles. The van der Waals surface area contributed by atoms with E-state index in [9.17, 15) is 4.79 Å². The summed E-state index contributed by atoms with van der Waals surface area (Å²) in [5, 5.41) is 3.65. The molecule has 1 aliphatic heterocycles. The van der Waals surface area contributed by atoms with E-state index in [1.165, 1.54) is 32.1 Å². The van der Waals surface area contributed by atoms with Gasteiger partial charge in [0.2, 0.25) is 0 Å². The molecule has 1 saturated carbocycles. The van der Waals surface area contributed by atoms with Crippen molar-refractivity contribution in [2.45, 2.75) is 37.6 Å². The molecule has 3 rings (SSSR count). The van der Waals surface area contributed by atoms with E-state index in [0.717, 1.165) is 26.2 Å². The molecular weight excluding hydrogens is 385 g/mol. The van der Waals surface area contributed by atoms with Crippen molar-refractivity contribution >= 4 is 29.9 Å². The molecule has 1 aromatic rings. The van der Waals surface area contributed by atoms with Crippen LogP contribution in [0.3, 0.4) is 0 Å². The Balaban J connectivity index is 0.00000261. The predicted molar refractivity (Wildman–Crippen MR) is 112 cm³/mol. The van der Waals surface area contributed by atoms with Gasteiger partial charge in [0.1, 0.15) is 5.75 Å². The SMILES string of the molecule is COc1ccc(C(=O)NCC2(N3CCN(C)CC3)CCCCC2)cc1Cl.Cl. The highest BCUT2D eigenvalue weighted by Gasteiger charge is 2.39. The molecule has 152 valence electrons. The highest BCUT2D eigenvalue weighted by molar-refractivity contribution is 6.32. The first-order valence-corrected chi connectivity index (χ1v) is 9.97. The molecule has 5 nitrogen and oxygen atoms in total. The van der Waals surface area contributed by atoms with Crippen molar-refractivity contribution in [2.24, 2.45) is 0 Å². The van der Waals surface area contributed by atoms with Crippen LogP contribution in [0.4, 0.5) is 0 Å². The largest absolute Gasteiger partial charge is 0.495 e. The number of hydrogen-bond donors (Lipinski definition) is 1. The van der Waals surface area contributed by atoms with Gasteiger partial charge in [-0.05, 0) is 38.1 Å². The fourth-order valence-corrected chi connectivity index (χ4v) is 4.51. The van der Waals surface area contributed by atoms with E-state index in [1.54, 1.807) is 25.3 Å². The summed E-state index contributed by atoms with van der Waals surface area (Å²) in [5.74, 6) is 0.526. The minimum Gasteiger partial charge on any atom is -0.495 e. The number of piperazine rings is 1. The molecule has 7 heteroatoms. The minimum absolute atomic E-state index is 0. The van der Waals surface area contributed by atoms with Crippen molar-refractivity contribution < 1.29 is 9.53 Å². The molecule has 0 unspecified atom stereocenters. The Morgan fingerprint density at radius 2 is 1.85 bits per heavy atom. The number of carbonyl (C=O) groups excluding carboxylic acids is 1. The van der Waals surface area contributed by atoms with Gasteiger partial charge in [0.15, 0.2) is 0 Å². The van der Waals surface area contributed by atoms with Gasteiger partial charge in [-0.2, -0.15) is 0 Å². The molecule has 1 saturated heterocycles. The number of carbonyl (C=O) groups is 1. The maximum Gasteiger partial charge on any atom is 0.251 e. The van der Waals surface area contributed by atoms with Crippen molar-refractivity contribution in [3.05, 3.63) is 28.8 Å². The van der Waals surface area contributed by atoms with Gasteiger partial charge in [0.05, 0.1) is 12.1 Å². The van der Waals surface area contributed by atoms with Crippen LogP contribution in [-0.2, 0) is 0 Å². The van der Waals surface area contributed by atoms with E-state index >= 15 is 0 Å². The standard InChI is InChI=1S/C20H30ClN3O2.ClH/c1-23-10-12-24(13-11-23)20(8-4-3-5-9-20)15-22-19(25)16-6-7-18(26-2)17(21)14-16;/h6-7,14H,3-5,8-13,15H2,1-2H3,(H,22,25);1H. The van der Waals surface area contributed by atoms with E-state index in [1.807, 2.05) is 0 Å². The van der Waals surface area contributed by atoms with Gasteiger partial charge in [0, 0.05) is 43.8 Å². The number of halogens is 2. The summed E-state index contributed by atoms with van der Waals surface area (Å²) in [6.07, 6.45) is 6.13. The summed E-state index contributed by atoms with van der Waals surface area (Å²) in [4.78, 5) is 17.7. The third-order valence-electron chi connectivity index (χ3n) is 5.95. The van der Waals surface area contributed by atoms with E-state index in [2.05, 4.69) is 22.2 Å². The van der Waals surface area contributed by atoms with Crippen molar-refractivity contribution in [2.75, 3.05) is 46.9 Å². The molecule has 2 fully saturated rings. The van der Waals surface area contributed by atoms with E-state index in [4.69, 9.17) is 16.3 Å². The summed E-state index contributed by atoms with van der Waals surface area (Å²) in [6.45, 7) is 5.08. The summed E-state index contributed by atoms with van der Waals surface area (Å²) < 4.78 is 5.16. The molecule has 1 amide bonds. The third-order valence-corrected chi connectivity index (χ3v) is 6.25. The second-order valence-corrected chi connectivity index (χ2v) is 8.01. The Kier molecular flexibility index (Phi) is 8.22. The van der Waals surface area contributed by atoms with Crippen LogP contribution in [0.5, 0.6) is 5.75 Å². The summed E-state index contributed by atoms with van der Waals surface area (Å²) >= 11 is 6.17. The lowest BCUT2D eigenvalue weighted by Crippen LogP contribution is -2.61. The number of rotatable bonds is 5. The summed E-state index contributed by atoms with van der Waals surface area (Å²) in [7, 11) is 3.75. The predicted octanol–water partition coefficient (Wildman–Crippen LogP) is 3.45. The van der Waals surface area contributed by atoms with Crippen molar-refractivity contribution in [1.29, 1.82) is 0 Å². The van der Waals surface area contributed by atoms with E-state index < -0.39 is 0 Å². The Hall–Kier alpha value is -1.01. The van der Waals surface area contributed by atoms with E-state index in [0.29, 0.717) is 22.9 Å². The fourth-order valence-electron chi connectivity index (χ4n) is 4.25. The number of methoxy groups -OCH3 is 1. The zero-order valence-electron chi connectivity index (χ0n) is 16.3. The maximum absolute atomic E-state index is 12.7. The Morgan fingerprint density at radius 1 is 1.19 bits per heavy atom. The first-order chi connectivity index (χ1) is 12.5. The van der Waals surface area contributed by atoms with Crippen molar-refractivity contribution in [3.63, 3.8) is 0 Å². The van der Waals surface area contributed by atoms with Crippen LogP contribution in [0.1, 0.15) is 42.5 Å². The van der Waals surface area contributed by atoms with Crippen LogP contribution in [0.15, 0.2) is 18.2 Å². The molecule has 0 atom stereocenters. The van der Waals surface area contributed by atoms with Gasteiger partial charge in [-0.3, -0.25) is 9.69 Å². The quantitative estimate of drug-likeness (QED) is 0.799. The lowest BCUT2D eigenvalue weighted by atomic mass is 9.79. The number of nitrogens with zero attached hydrogens (tertiary/aromatic N) is 2. The zero-order chi connectivity index (χ0) is 18.6. The van der Waals surface area contributed by atoms with Crippen LogP contribution in [-0.4, -0.2) is 68.1 Å². The number of amides is 1. The van der Waals surface area contributed by atoms with Crippen LogP contribution in [0.25, 0.3) is 0 Å². The van der Waals surface area contributed by atoms with Gasteiger partial charge in [0.25, 0.3) is 5.91 Å². The molecule has 27 heavy (non-hydrogen) atoms. The first-order valence-electron chi connectivity index (χ1n) is 9.59.